The van der Waals surface area contributed by atoms with Gasteiger partial charge in [0, 0.05) is 19.5 Å². The molecule has 0 radical (unpaired) electrons. The van der Waals surface area contributed by atoms with Gasteiger partial charge in [-0.15, -0.1) is 0 Å². The number of carbonyl (C=O) groups excluding carboxylic acids is 1. The van der Waals surface area contributed by atoms with Crippen LogP contribution in [0.5, 0.6) is 5.75 Å². The van der Waals surface area contributed by atoms with Crippen LogP contribution in [0.4, 0.5) is 0 Å². The average molecular weight is 312 g/mol. The van der Waals surface area contributed by atoms with Crippen LogP contribution >= 0.6 is 0 Å². The molecule has 1 amide bonds. The van der Waals surface area contributed by atoms with Gasteiger partial charge in [-0.25, -0.2) is 13.6 Å². The predicted molar refractivity (Wildman–Crippen MR) is 79.1 cm³/mol. The first kappa shape index (κ1) is 15.8. The van der Waals surface area contributed by atoms with Crippen molar-refractivity contribution in [3.63, 3.8) is 0 Å². The number of hydrogen-bond donors (Lipinski definition) is 1. The zero-order chi connectivity index (χ0) is 15.6. The van der Waals surface area contributed by atoms with Gasteiger partial charge in [-0.05, 0) is 31.5 Å². The Kier molecular flexibility index (Phi) is 4.53. The Hall–Kier alpha value is -1.60. The number of nitrogens with two attached hydrogens (primary N) is 1. The van der Waals surface area contributed by atoms with Gasteiger partial charge in [-0.2, -0.15) is 0 Å². The van der Waals surface area contributed by atoms with Gasteiger partial charge < -0.3 is 9.64 Å². The molecule has 0 saturated carbocycles. The number of benzene rings is 1. The number of primary sulfonamides is 1. The van der Waals surface area contributed by atoms with E-state index in [0.717, 1.165) is 11.3 Å². The Balaban J connectivity index is 2.00. The molecule has 1 aromatic rings. The van der Waals surface area contributed by atoms with Crippen molar-refractivity contribution in [3.05, 3.63) is 29.8 Å². The maximum absolute atomic E-state index is 11.8. The lowest BCUT2D eigenvalue weighted by Crippen LogP contribution is -2.31. The van der Waals surface area contributed by atoms with Crippen LogP contribution in [0, 0.1) is 0 Å². The molecule has 21 heavy (non-hydrogen) atoms. The number of sulfonamides is 1. The number of rotatable bonds is 5. The van der Waals surface area contributed by atoms with E-state index < -0.39 is 15.3 Å². The lowest BCUT2D eigenvalue weighted by Gasteiger charge is -2.17. The SMILES string of the molecule is CC(C)Oc1ccc(CN2CC(S(N)(=O)=O)CC2=O)cc1. The summed E-state index contributed by atoms with van der Waals surface area (Å²) in [7, 11) is -3.66. The summed E-state index contributed by atoms with van der Waals surface area (Å²) in [4.78, 5) is 13.4. The Morgan fingerprint density at radius 3 is 2.43 bits per heavy atom. The van der Waals surface area contributed by atoms with E-state index in [0.29, 0.717) is 6.54 Å². The summed E-state index contributed by atoms with van der Waals surface area (Å²) < 4.78 is 28.2. The highest BCUT2D eigenvalue weighted by Crippen LogP contribution is 2.20. The van der Waals surface area contributed by atoms with E-state index in [-0.39, 0.29) is 25.0 Å². The van der Waals surface area contributed by atoms with E-state index in [1.165, 1.54) is 4.90 Å². The normalized spacial score (nSPS) is 19.3. The Labute approximate surface area is 124 Å². The van der Waals surface area contributed by atoms with Gasteiger partial charge in [-0.3, -0.25) is 4.79 Å². The quantitative estimate of drug-likeness (QED) is 0.873. The molecule has 0 aliphatic carbocycles. The van der Waals surface area contributed by atoms with E-state index in [2.05, 4.69) is 0 Å². The summed E-state index contributed by atoms with van der Waals surface area (Å²) in [6.45, 7) is 4.43. The fourth-order valence-electron chi connectivity index (χ4n) is 2.27. The van der Waals surface area contributed by atoms with Gasteiger partial charge in [0.05, 0.1) is 6.10 Å². The fraction of sp³-hybridized carbons (Fsp3) is 0.500. The molecule has 1 aliphatic heterocycles. The third-order valence-electron chi connectivity index (χ3n) is 3.31. The minimum atomic E-state index is -3.66. The summed E-state index contributed by atoms with van der Waals surface area (Å²) >= 11 is 0. The highest BCUT2D eigenvalue weighted by molar-refractivity contribution is 7.89. The predicted octanol–water partition coefficient (Wildman–Crippen LogP) is 0.863. The molecule has 1 aliphatic rings. The van der Waals surface area contributed by atoms with E-state index >= 15 is 0 Å². The molecule has 1 aromatic carbocycles. The van der Waals surface area contributed by atoms with Crippen molar-refractivity contribution in [1.82, 2.24) is 4.90 Å². The zero-order valence-corrected chi connectivity index (χ0v) is 13.0. The second-order valence-corrected chi connectivity index (χ2v) is 7.34. The highest BCUT2D eigenvalue weighted by Gasteiger charge is 2.36. The molecular formula is C14H20N2O4S. The molecule has 7 heteroatoms. The number of likely N-dealkylation sites (tertiary alicyclic amines) is 1. The van der Waals surface area contributed by atoms with Gasteiger partial charge in [-0.1, -0.05) is 12.1 Å². The van der Waals surface area contributed by atoms with Crippen LogP contribution in [0.3, 0.4) is 0 Å². The van der Waals surface area contributed by atoms with Crippen LogP contribution in [-0.4, -0.2) is 37.1 Å². The smallest absolute Gasteiger partial charge is 0.224 e. The van der Waals surface area contributed by atoms with E-state index in [1.54, 1.807) is 0 Å². The maximum Gasteiger partial charge on any atom is 0.224 e. The lowest BCUT2D eigenvalue weighted by atomic mass is 10.2. The molecule has 2 N–H and O–H groups in total. The summed E-state index contributed by atoms with van der Waals surface area (Å²) in [6.07, 6.45) is 0.0689. The molecular weight excluding hydrogens is 292 g/mol. The minimum absolute atomic E-state index is 0.0343. The van der Waals surface area contributed by atoms with Crippen LogP contribution < -0.4 is 9.88 Å². The van der Waals surface area contributed by atoms with Gasteiger partial charge >= 0.3 is 0 Å². The van der Waals surface area contributed by atoms with E-state index in [4.69, 9.17) is 9.88 Å². The Morgan fingerprint density at radius 1 is 1.33 bits per heavy atom. The standard InChI is InChI=1S/C14H20N2O4S/c1-10(2)20-12-5-3-11(4-6-12)8-16-9-13(7-14(16)17)21(15,18)19/h3-6,10,13H,7-9H2,1-2H3,(H2,15,18,19). The molecule has 1 atom stereocenters. The summed E-state index contributed by atoms with van der Waals surface area (Å²) in [5.74, 6) is 0.584. The first-order valence-corrected chi connectivity index (χ1v) is 8.41. The number of carbonyl (C=O) groups is 1. The van der Waals surface area contributed by atoms with E-state index in [1.807, 2.05) is 38.1 Å². The molecule has 116 valence electrons. The number of hydrogen-bond acceptors (Lipinski definition) is 4. The summed E-state index contributed by atoms with van der Waals surface area (Å²) in [5, 5.41) is 4.30. The summed E-state index contributed by atoms with van der Waals surface area (Å²) in [6, 6.07) is 7.42. The molecule has 2 rings (SSSR count). The topological polar surface area (TPSA) is 89.7 Å². The zero-order valence-electron chi connectivity index (χ0n) is 12.2. The van der Waals surface area contributed by atoms with Gasteiger partial charge in [0.25, 0.3) is 0 Å². The largest absolute Gasteiger partial charge is 0.491 e. The van der Waals surface area contributed by atoms with Crippen molar-refractivity contribution in [2.24, 2.45) is 5.14 Å². The maximum atomic E-state index is 11.8. The van der Waals surface area contributed by atoms with Crippen LogP contribution in [0.2, 0.25) is 0 Å². The third-order valence-corrected chi connectivity index (χ3v) is 4.56. The summed E-state index contributed by atoms with van der Waals surface area (Å²) in [5.41, 5.74) is 0.925. The first-order chi connectivity index (χ1) is 9.75. The molecule has 1 fully saturated rings. The van der Waals surface area contributed by atoms with Crippen molar-refractivity contribution < 1.29 is 17.9 Å². The average Bonchev–Trinajstić information content (AvgIpc) is 2.73. The van der Waals surface area contributed by atoms with Crippen molar-refractivity contribution in [1.29, 1.82) is 0 Å². The second kappa shape index (κ2) is 6.03. The first-order valence-electron chi connectivity index (χ1n) is 6.80. The Bertz CT molecular complexity index is 610. The van der Waals surface area contributed by atoms with Crippen molar-refractivity contribution in [2.75, 3.05) is 6.54 Å². The molecule has 1 saturated heterocycles. The van der Waals surface area contributed by atoms with Crippen LogP contribution in [-0.2, 0) is 21.4 Å². The molecule has 0 spiro atoms. The Morgan fingerprint density at radius 2 is 1.95 bits per heavy atom. The lowest BCUT2D eigenvalue weighted by molar-refractivity contribution is -0.128. The molecule has 6 nitrogen and oxygen atoms in total. The van der Waals surface area contributed by atoms with Crippen molar-refractivity contribution >= 4 is 15.9 Å². The van der Waals surface area contributed by atoms with Crippen LogP contribution in [0.15, 0.2) is 24.3 Å². The minimum Gasteiger partial charge on any atom is -0.491 e. The number of amides is 1. The fourth-order valence-corrected chi connectivity index (χ4v) is 3.04. The third kappa shape index (κ3) is 4.18. The molecule has 1 heterocycles. The van der Waals surface area contributed by atoms with Gasteiger partial charge in [0.2, 0.25) is 15.9 Å². The van der Waals surface area contributed by atoms with Crippen molar-refractivity contribution in [2.45, 2.75) is 38.2 Å². The van der Waals surface area contributed by atoms with Gasteiger partial charge in [0.1, 0.15) is 11.0 Å². The number of nitrogens with zero attached hydrogens (tertiary/aromatic N) is 1. The van der Waals surface area contributed by atoms with Crippen molar-refractivity contribution in [3.8, 4) is 5.75 Å². The highest BCUT2D eigenvalue weighted by atomic mass is 32.2. The van der Waals surface area contributed by atoms with Gasteiger partial charge in [0.15, 0.2) is 0 Å². The molecule has 1 unspecified atom stereocenters. The number of ether oxygens (including phenoxy) is 1. The molecule has 0 bridgehead atoms. The van der Waals surface area contributed by atoms with E-state index in [9.17, 15) is 13.2 Å². The van der Waals surface area contributed by atoms with Crippen LogP contribution in [0.25, 0.3) is 0 Å². The molecule has 0 aromatic heterocycles. The second-order valence-electron chi connectivity index (χ2n) is 5.50. The monoisotopic (exact) mass is 312 g/mol. The van der Waals surface area contributed by atoms with Crippen LogP contribution in [0.1, 0.15) is 25.8 Å².